The fraction of sp³-hybridized carbons (Fsp3) is 0.629. The van der Waals surface area contributed by atoms with Gasteiger partial charge in [0.2, 0.25) is 0 Å². The van der Waals surface area contributed by atoms with Gasteiger partial charge in [-0.25, -0.2) is 4.21 Å². The van der Waals surface area contributed by atoms with Gasteiger partial charge in [-0.1, -0.05) is 31.0 Å². The summed E-state index contributed by atoms with van der Waals surface area (Å²) >= 11 is 6.45. The summed E-state index contributed by atoms with van der Waals surface area (Å²) in [7, 11) is 2.10. The van der Waals surface area contributed by atoms with Crippen molar-refractivity contribution >= 4 is 34.2 Å². The highest BCUT2D eigenvalue weighted by molar-refractivity contribution is 7.84. The Morgan fingerprint density at radius 1 is 1.09 bits per heavy atom. The molecule has 7 nitrogen and oxygen atoms in total. The molecule has 2 aromatic rings. The number of hydrogen-bond donors (Lipinski definition) is 1. The van der Waals surface area contributed by atoms with Crippen molar-refractivity contribution in [3.8, 4) is 5.75 Å². The van der Waals surface area contributed by atoms with Crippen molar-refractivity contribution in [2.75, 3.05) is 45.4 Å². The number of amides is 1. The van der Waals surface area contributed by atoms with E-state index in [1.165, 1.54) is 11.1 Å². The molecule has 1 amide bonds. The molecule has 7 atom stereocenters. The van der Waals surface area contributed by atoms with E-state index < -0.39 is 11.0 Å². The second-order valence-corrected chi connectivity index (χ2v) is 15.7. The maximum Gasteiger partial charge on any atom is 0.263 e. The van der Waals surface area contributed by atoms with Gasteiger partial charge in [0.1, 0.15) is 16.7 Å². The predicted octanol–water partition coefficient (Wildman–Crippen LogP) is 6.47. The molecule has 5 unspecified atom stereocenters. The molecule has 2 aliphatic carbocycles. The maximum absolute atomic E-state index is 13.5. The van der Waals surface area contributed by atoms with Crippen LogP contribution in [0.4, 0.5) is 5.69 Å². The SMILES string of the molecule is COC[C@@]1(OC)CCCC(C)C(C)S(=O)NC(=O)c2ccc3c(c2)N(CC2CCC21)C[C@@]1(CCCc2cc(Cl)ccc21)CO3. The van der Waals surface area contributed by atoms with Gasteiger partial charge in [-0.05, 0) is 111 Å². The second kappa shape index (κ2) is 12.9. The summed E-state index contributed by atoms with van der Waals surface area (Å²) in [5, 5.41) is 0.592. The molecule has 1 spiro atoms. The molecule has 2 aliphatic heterocycles. The van der Waals surface area contributed by atoms with E-state index in [9.17, 15) is 9.00 Å². The molecule has 1 saturated carbocycles. The number of anilines is 1. The monoisotopic (exact) mass is 642 g/mol. The van der Waals surface area contributed by atoms with Crippen LogP contribution in [0, 0.1) is 17.8 Å². The summed E-state index contributed by atoms with van der Waals surface area (Å²) in [5.74, 6) is 1.42. The van der Waals surface area contributed by atoms with Crippen LogP contribution in [0.5, 0.6) is 5.75 Å². The van der Waals surface area contributed by atoms with Crippen molar-refractivity contribution in [1.29, 1.82) is 0 Å². The lowest BCUT2D eigenvalue weighted by Gasteiger charge is -2.51. The van der Waals surface area contributed by atoms with Gasteiger partial charge in [0.15, 0.2) is 0 Å². The van der Waals surface area contributed by atoms with Crippen molar-refractivity contribution < 1.29 is 23.2 Å². The molecule has 0 saturated heterocycles. The Morgan fingerprint density at radius 3 is 2.68 bits per heavy atom. The van der Waals surface area contributed by atoms with Crippen molar-refractivity contribution in [3.63, 3.8) is 0 Å². The first kappa shape index (κ1) is 31.8. The lowest BCUT2D eigenvalue weighted by Crippen LogP contribution is -2.55. The molecule has 2 bridgehead atoms. The summed E-state index contributed by atoms with van der Waals surface area (Å²) in [6, 6.07) is 12.0. The Morgan fingerprint density at radius 2 is 1.93 bits per heavy atom. The fourth-order valence-electron chi connectivity index (χ4n) is 8.35. The first-order valence-electron chi connectivity index (χ1n) is 16.2. The Labute approximate surface area is 269 Å². The number of nitrogens with zero attached hydrogens (tertiary/aromatic N) is 1. The average molecular weight is 643 g/mol. The summed E-state index contributed by atoms with van der Waals surface area (Å²) in [4.78, 5) is 15.9. The second-order valence-electron chi connectivity index (χ2n) is 13.7. The highest BCUT2D eigenvalue weighted by atomic mass is 35.5. The van der Waals surface area contributed by atoms with E-state index in [1.54, 1.807) is 13.2 Å². The number of aryl methyl sites for hydroxylation is 1. The number of ether oxygens (including phenoxy) is 3. The van der Waals surface area contributed by atoms with Gasteiger partial charge in [-0.2, -0.15) is 0 Å². The zero-order chi connectivity index (χ0) is 31.1. The number of nitrogens with one attached hydrogen (secondary N) is 1. The van der Waals surface area contributed by atoms with Crippen LogP contribution in [0.25, 0.3) is 0 Å². The normalized spacial score (nSPS) is 34.2. The number of fused-ring (bicyclic) bond motifs is 4. The Hall–Kier alpha value is -2.13. The minimum absolute atomic E-state index is 0.178. The molecular weight excluding hydrogens is 596 g/mol. The minimum atomic E-state index is -1.51. The Kier molecular flexibility index (Phi) is 9.36. The van der Waals surface area contributed by atoms with Crippen LogP contribution in [0.2, 0.25) is 5.02 Å². The predicted molar refractivity (Wildman–Crippen MR) is 176 cm³/mol. The first-order valence-corrected chi connectivity index (χ1v) is 17.8. The molecule has 1 N–H and O–H groups in total. The smallest absolute Gasteiger partial charge is 0.263 e. The van der Waals surface area contributed by atoms with Crippen LogP contribution >= 0.6 is 11.6 Å². The van der Waals surface area contributed by atoms with Crippen molar-refractivity contribution in [2.24, 2.45) is 17.8 Å². The summed E-state index contributed by atoms with van der Waals surface area (Å²) < 4.78 is 35.0. The Balaban J connectivity index is 1.43. The fourth-order valence-corrected chi connectivity index (χ4v) is 9.59. The highest BCUT2D eigenvalue weighted by Crippen LogP contribution is 2.50. The molecule has 6 rings (SSSR count). The Bertz CT molecular complexity index is 1410. The van der Waals surface area contributed by atoms with Gasteiger partial charge in [0, 0.05) is 43.3 Å². The quantitative estimate of drug-likeness (QED) is 0.414. The molecule has 44 heavy (non-hydrogen) atoms. The number of methoxy groups -OCH3 is 2. The van der Waals surface area contributed by atoms with Gasteiger partial charge in [0.05, 0.1) is 29.8 Å². The van der Waals surface area contributed by atoms with Crippen LogP contribution in [0.1, 0.15) is 80.3 Å². The number of benzene rings is 2. The van der Waals surface area contributed by atoms with Crippen LogP contribution in [0.15, 0.2) is 36.4 Å². The van der Waals surface area contributed by atoms with Gasteiger partial charge in [-0.15, -0.1) is 0 Å². The minimum Gasteiger partial charge on any atom is -0.490 e. The summed E-state index contributed by atoms with van der Waals surface area (Å²) in [6.07, 6.45) is 8.07. The molecular formula is C35H47ClN2O5S. The summed E-state index contributed by atoms with van der Waals surface area (Å²) in [6.45, 7) is 6.83. The van der Waals surface area contributed by atoms with Crippen LogP contribution in [-0.4, -0.2) is 61.5 Å². The zero-order valence-corrected chi connectivity index (χ0v) is 28.1. The number of hydrogen-bond acceptors (Lipinski definition) is 6. The van der Waals surface area contributed by atoms with Gasteiger partial charge >= 0.3 is 0 Å². The third-order valence-electron chi connectivity index (χ3n) is 11.2. The largest absolute Gasteiger partial charge is 0.490 e. The molecule has 240 valence electrons. The van der Waals surface area contributed by atoms with E-state index in [1.807, 2.05) is 32.2 Å². The molecule has 4 aliphatic rings. The van der Waals surface area contributed by atoms with Gasteiger partial charge in [0.25, 0.3) is 5.91 Å². The van der Waals surface area contributed by atoms with Crippen molar-refractivity contribution in [3.05, 3.63) is 58.1 Å². The number of carbonyl (C=O) groups excluding carboxylic acids is 1. The molecule has 1 fully saturated rings. The first-order chi connectivity index (χ1) is 21.2. The lowest BCUT2D eigenvalue weighted by atomic mass is 9.63. The number of halogens is 1. The van der Waals surface area contributed by atoms with E-state index >= 15 is 0 Å². The molecule has 0 aromatic heterocycles. The number of rotatable bonds is 3. The number of carbonyl (C=O) groups is 1. The van der Waals surface area contributed by atoms with Gasteiger partial charge < -0.3 is 19.1 Å². The van der Waals surface area contributed by atoms with Crippen LogP contribution in [-0.2, 0) is 32.3 Å². The van der Waals surface area contributed by atoms with Gasteiger partial charge in [-0.3, -0.25) is 9.52 Å². The molecule has 9 heteroatoms. The van der Waals surface area contributed by atoms with E-state index in [-0.39, 0.29) is 28.1 Å². The third kappa shape index (κ3) is 5.92. The molecule has 2 heterocycles. The van der Waals surface area contributed by atoms with Crippen LogP contribution in [0.3, 0.4) is 0 Å². The topological polar surface area (TPSA) is 77.1 Å². The van der Waals surface area contributed by atoms with E-state index in [2.05, 4.69) is 28.7 Å². The molecule has 2 aromatic carbocycles. The van der Waals surface area contributed by atoms with Crippen molar-refractivity contribution in [2.45, 2.75) is 81.5 Å². The average Bonchev–Trinajstić information content (AvgIpc) is 3.15. The van der Waals surface area contributed by atoms with E-state index in [4.69, 9.17) is 25.8 Å². The summed E-state index contributed by atoms with van der Waals surface area (Å²) in [5.41, 5.74) is 3.48. The van der Waals surface area contributed by atoms with Crippen molar-refractivity contribution in [1.82, 2.24) is 4.72 Å². The molecule has 0 radical (unpaired) electrons. The van der Waals surface area contributed by atoms with E-state index in [0.717, 1.165) is 80.9 Å². The van der Waals surface area contributed by atoms with E-state index in [0.29, 0.717) is 30.6 Å². The highest BCUT2D eigenvalue weighted by Gasteiger charge is 2.50. The third-order valence-corrected chi connectivity index (χ3v) is 13.0. The standard InChI is InChI=1S/C35H47ClN2O5S/c1-23-7-5-16-35(42-4,22-41-3)30-12-9-27(30)19-38-20-34(15-6-8-25-17-28(36)11-13-29(25)34)21-43-32-14-10-26(18-31(32)38)33(39)37-44(40)24(23)2/h10-11,13-14,17-18,23-24,27,30H,5-9,12,15-16,19-22H2,1-4H3,(H,37,39)/t23?,24?,27?,30?,34-,35-,44?/m0/s1. The van der Waals surface area contributed by atoms with Crippen LogP contribution < -0.4 is 14.4 Å². The zero-order valence-electron chi connectivity index (χ0n) is 26.5. The maximum atomic E-state index is 13.5. The lowest BCUT2D eigenvalue weighted by molar-refractivity contribution is -0.147.